The minimum absolute atomic E-state index is 0.0946. The molecule has 0 heterocycles. The number of hydrogen-bond donors (Lipinski definition) is 1. The third kappa shape index (κ3) is 4.72. The van der Waals surface area contributed by atoms with Crippen LogP contribution >= 0.6 is 0 Å². The Balaban J connectivity index is 1.93. The van der Waals surface area contributed by atoms with Gasteiger partial charge in [0.2, 0.25) is 5.91 Å². The number of hydrogen-bond acceptors (Lipinski definition) is 4. The predicted molar refractivity (Wildman–Crippen MR) is 94.8 cm³/mol. The second-order valence-electron chi connectivity index (χ2n) is 5.60. The van der Waals surface area contributed by atoms with E-state index >= 15 is 0 Å². The van der Waals surface area contributed by atoms with Gasteiger partial charge in [-0.25, -0.2) is 4.39 Å². The van der Waals surface area contributed by atoms with Crippen molar-refractivity contribution in [1.29, 1.82) is 0 Å². The highest BCUT2D eigenvalue weighted by molar-refractivity contribution is 5.96. The maximum absolute atomic E-state index is 13.6. The summed E-state index contributed by atoms with van der Waals surface area (Å²) in [7, 11) is 4.70. The molecule has 0 spiro atoms. The van der Waals surface area contributed by atoms with Gasteiger partial charge in [-0.3, -0.25) is 9.59 Å². The Hall–Kier alpha value is -3.09. The molecule has 1 N–H and O–H groups in total. The summed E-state index contributed by atoms with van der Waals surface area (Å²) >= 11 is 0. The fraction of sp³-hybridized carbons (Fsp3) is 0.263. The summed E-state index contributed by atoms with van der Waals surface area (Å²) in [6.45, 7) is 0.103. The summed E-state index contributed by atoms with van der Waals surface area (Å²) in [6.07, 6.45) is 0. The number of benzene rings is 2. The fourth-order valence-electron chi connectivity index (χ4n) is 2.37. The molecule has 6 nitrogen and oxygen atoms in total. The van der Waals surface area contributed by atoms with E-state index in [9.17, 15) is 14.0 Å². The van der Waals surface area contributed by atoms with Crippen LogP contribution in [0.1, 0.15) is 15.9 Å². The molecule has 0 saturated carbocycles. The Morgan fingerprint density at radius 1 is 1.08 bits per heavy atom. The number of amides is 2. The van der Waals surface area contributed by atoms with Crippen LogP contribution in [0.2, 0.25) is 0 Å². The standard InChI is InChI=1S/C19H21FN2O4/c1-22(12-13-8-9-16(25-2)17(10-13)26-3)18(23)11-21-19(24)14-6-4-5-7-15(14)20/h4-10H,11-12H2,1-3H3,(H,21,24). The van der Waals surface area contributed by atoms with Crippen molar-refractivity contribution in [3.63, 3.8) is 0 Å². The van der Waals surface area contributed by atoms with E-state index in [0.29, 0.717) is 18.0 Å². The third-order valence-corrected chi connectivity index (χ3v) is 3.81. The van der Waals surface area contributed by atoms with E-state index in [1.807, 2.05) is 6.07 Å². The smallest absolute Gasteiger partial charge is 0.254 e. The van der Waals surface area contributed by atoms with Crippen molar-refractivity contribution in [2.75, 3.05) is 27.8 Å². The van der Waals surface area contributed by atoms with Crippen molar-refractivity contribution >= 4 is 11.8 Å². The first-order valence-corrected chi connectivity index (χ1v) is 7.94. The number of carbonyl (C=O) groups is 2. The molecular weight excluding hydrogens is 339 g/mol. The molecule has 0 fully saturated rings. The molecule has 0 unspecified atom stereocenters. The van der Waals surface area contributed by atoms with Crippen molar-refractivity contribution < 1.29 is 23.5 Å². The first-order chi connectivity index (χ1) is 12.5. The van der Waals surface area contributed by atoms with Gasteiger partial charge in [0.15, 0.2) is 11.5 Å². The minimum atomic E-state index is -0.629. The number of methoxy groups -OCH3 is 2. The summed E-state index contributed by atoms with van der Waals surface area (Å²) < 4.78 is 24.0. The largest absolute Gasteiger partial charge is 0.493 e. The Morgan fingerprint density at radius 2 is 1.77 bits per heavy atom. The van der Waals surface area contributed by atoms with Crippen molar-refractivity contribution in [3.8, 4) is 11.5 Å². The Labute approximate surface area is 151 Å². The lowest BCUT2D eigenvalue weighted by Crippen LogP contribution is -2.38. The molecule has 0 bridgehead atoms. The van der Waals surface area contributed by atoms with Crippen molar-refractivity contribution in [1.82, 2.24) is 10.2 Å². The highest BCUT2D eigenvalue weighted by Gasteiger charge is 2.15. The first kappa shape index (κ1) is 19.2. The van der Waals surface area contributed by atoms with E-state index < -0.39 is 11.7 Å². The van der Waals surface area contributed by atoms with Gasteiger partial charge < -0.3 is 19.7 Å². The highest BCUT2D eigenvalue weighted by atomic mass is 19.1. The van der Waals surface area contributed by atoms with Gasteiger partial charge in [-0.2, -0.15) is 0 Å². The fourth-order valence-corrected chi connectivity index (χ4v) is 2.37. The molecule has 0 aliphatic rings. The summed E-state index contributed by atoms with van der Waals surface area (Å²) in [4.78, 5) is 25.6. The molecule has 2 rings (SSSR count). The molecule has 7 heteroatoms. The van der Waals surface area contributed by atoms with Gasteiger partial charge in [-0.05, 0) is 29.8 Å². The zero-order valence-electron chi connectivity index (χ0n) is 14.9. The van der Waals surface area contributed by atoms with Gasteiger partial charge in [-0.15, -0.1) is 0 Å². The predicted octanol–water partition coefficient (Wildman–Crippen LogP) is 2.23. The lowest BCUT2D eigenvalue weighted by molar-refractivity contribution is -0.129. The van der Waals surface area contributed by atoms with Crippen molar-refractivity contribution in [2.45, 2.75) is 6.54 Å². The van der Waals surface area contributed by atoms with Gasteiger partial charge in [0.25, 0.3) is 5.91 Å². The molecule has 2 amide bonds. The van der Waals surface area contributed by atoms with Crippen molar-refractivity contribution in [3.05, 3.63) is 59.4 Å². The highest BCUT2D eigenvalue weighted by Crippen LogP contribution is 2.27. The number of ether oxygens (including phenoxy) is 2. The van der Waals surface area contributed by atoms with E-state index in [1.165, 1.54) is 30.2 Å². The zero-order valence-corrected chi connectivity index (χ0v) is 14.9. The summed E-state index contributed by atoms with van der Waals surface area (Å²) in [5.74, 6) is -0.391. The first-order valence-electron chi connectivity index (χ1n) is 7.94. The maximum atomic E-state index is 13.6. The number of nitrogens with zero attached hydrogens (tertiary/aromatic N) is 1. The molecule has 138 valence electrons. The molecule has 2 aromatic rings. The van der Waals surface area contributed by atoms with Gasteiger partial charge in [0.1, 0.15) is 5.82 Å². The van der Waals surface area contributed by atoms with E-state index in [0.717, 1.165) is 5.56 Å². The Bertz CT molecular complexity index is 795. The summed E-state index contributed by atoms with van der Waals surface area (Å²) in [6, 6.07) is 11.0. The SMILES string of the molecule is COc1ccc(CN(C)C(=O)CNC(=O)c2ccccc2F)cc1OC. The van der Waals surface area contributed by atoms with Crippen LogP contribution in [-0.2, 0) is 11.3 Å². The molecule has 0 radical (unpaired) electrons. The van der Waals surface area contributed by atoms with Crippen LogP contribution in [0.25, 0.3) is 0 Å². The molecule has 0 saturated heterocycles. The van der Waals surface area contributed by atoms with Crippen LogP contribution in [0, 0.1) is 5.82 Å². The van der Waals surface area contributed by atoms with Crippen molar-refractivity contribution in [2.24, 2.45) is 0 Å². The second kappa shape index (κ2) is 8.84. The van der Waals surface area contributed by atoms with E-state index in [2.05, 4.69) is 5.32 Å². The third-order valence-electron chi connectivity index (χ3n) is 3.81. The molecule has 0 aromatic heterocycles. The molecule has 26 heavy (non-hydrogen) atoms. The van der Waals surface area contributed by atoms with Crippen LogP contribution < -0.4 is 14.8 Å². The van der Waals surface area contributed by atoms with Crippen LogP contribution in [0.4, 0.5) is 4.39 Å². The monoisotopic (exact) mass is 360 g/mol. The molecule has 0 aliphatic carbocycles. The average molecular weight is 360 g/mol. The van der Waals surface area contributed by atoms with Gasteiger partial charge in [-0.1, -0.05) is 18.2 Å². The topological polar surface area (TPSA) is 67.9 Å². The van der Waals surface area contributed by atoms with Crippen LogP contribution in [-0.4, -0.2) is 44.5 Å². The maximum Gasteiger partial charge on any atom is 0.254 e. The number of carbonyl (C=O) groups excluding carboxylic acids is 2. The van der Waals surface area contributed by atoms with Gasteiger partial charge in [0, 0.05) is 13.6 Å². The zero-order chi connectivity index (χ0) is 19.1. The van der Waals surface area contributed by atoms with Gasteiger partial charge in [0.05, 0.1) is 26.3 Å². The summed E-state index contributed by atoms with van der Waals surface area (Å²) in [5.41, 5.74) is 0.752. The quantitative estimate of drug-likeness (QED) is 0.822. The summed E-state index contributed by atoms with van der Waals surface area (Å²) in [5, 5.41) is 2.43. The number of likely N-dealkylation sites (N-methyl/N-ethyl adjacent to an activating group) is 1. The van der Waals surface area contributed by atoms with Crippen LogP contribution in [0.5, 0.6) is 11.5 Å². The Kier molecular flexibility index (Phi) is 6.54. The average Bonchev–Trinajstić information content (AvgIpc) is 2.65. The minimum Gasteiger partial charge on any atom is -0.493 e. The van der Waals surface area contributed by atoms with Crippen LogP contribution in [0.3, 0.4) is 0 Å². The second-order valence-corrected chi connectivity index (χ2v) is 5.60. The van der Waals surface area contributed by atoms with E-state index in [4.69, 9.17) is 9.47 Å². The number of nitrogens with one attached hydrogen (secondary N) is 1. The lowest BCUT2D eigenvalue weighted by atomic mass is 10.2. The van der Waals surface area contributed by atoms with Gasteiger partial charge >= 0.3 is 0 Å². The van der Waals surface area contributed by atoms with E-state index in [-0.39, 0.29) is 18.0 Å². The van der Waals surface area contributed by atoms with Crippen LogP contribution in [0.15, 0.2) is 42.5 Å². The molecular formula is C19H21FN2O4. The molecule has 0 aliphatic heterocycles. The molecule has 2 aromatic carbocycles. The van der Waals surface area contributed by atoms with E-state index in [1.54, 1.807) is 32.4 Å². The normalized spacial score (nSPS) is 10.2. The number of halogens is 1. The Morgan fingerprint density at radius 3 is 2.42 bits per heavy atom. The molecule has 0 atom stereocenters. The number of rotatable bonds is 7. The lowest BCUT2D eigenvalue weighted by Gasteiger charge is -2.18.